The van der Waals surface area contributed by atoms with Crippen LogP contribution in [-0.4, -0.2) is 90.9 Å². The number of methoxy groups -OCH3 is 3. The average Bonchev–Trinajstić information content (AvgIpc) is 3.41. The van der Waals surface area contributed by atoms with Gasteiger partial charge < -0.3 is 49.4 Å². The van der Waals surface area contributed by atoms with E-state index in [-0.39, 0.29) is 40.8 Å². The van der Waals surface area contributed by atoms with E-state index < -0.39 is 39.0 Å². The maximum absolute atomic E-state index is 11.0. The predicted octanol–water partition coefficient (Wildman–Crippen LogP) is -0.102. The minimum absolute atomic E-state index is 0.0391. The van der Waals surface area contributed by atoms with Crippen molar-refractivity contribution < 1.29 is 53.1 Å². The summed E-state index contributed by atoms with van der Waals surface area (Å²) in [7, 11) is -0.515. The van der Waals surface area contributed by atoms with Crippen molar-refractivity contribution in [2.24, 2.45) is 0 Å². The Labute approximate surface area is 209 Å². The van der Waals surface area contributed by atoms with Gasteiger partial charge in [0.25, 0.3) is 0 Å². The summed E-state index contributed by atoms with van der Waals surface area (Å²) in [5.41, 5.74) is 0.868. The fourth-order valence-electron chi connectivity index (χ4n) is 3.98. The Morgan fingerprint density at radius 1 is 1.08 bits per heavy atom. The van der Waals surface area contributed by atoms with Crippen LogP contribution < -0.4 is 19.5 Å². The summed E-state index contributed by atoms with van der Waals surface area (Å²) in [6.45, 7) is -0.610. The van der Waals surface area contributed by atoms with Gasteiger partial charge in [-0.3, -0.25) is 9.09 Å². The quantitative estimate of drug-likeness (QED) is 0.184. The normalized spacial score (nSPS) is 21.8. The van der Waals surface area contributed by atoms with Gasteiger partial charge in [0, 0.05) is 12.6 Å². The van der Waals surface area contributed by atoms with Gasteiger partial charge in [-0.25, -0.2) is 19.5 Å². The number of ether oxygens (including phenoxy) is 4. The molecule has 3 heterocycles. The number of phenolic OH excluding ortho intramolecular Hbond substituents is 1. The Balaban J connectivity index is 1.59. The second-order valence-electron chi connectivity index (χ2n) is 7.88. The van der Waals surface area contributed by atoms with Crippen molar-refractivity contribution in [2.45, 2.75) is 31.1 Å². The first kappa shape index (κ1) is 26.8. The van der Waals surface area contributed by atoms with Crippen LogP contribution in [0.1, 0.15) is 11.8 Å². The van der Waals surface area contributed by atoms with E-state index in [2.05, 4.69) is 24.8 Å². The number of phenols is 1. The van der Waals surface area contributed by atoms with Crippen molar-refractivity contribution in [3.8, 4) is 23.0 Å². The number of phosphoric acid groups is 1. The number of fused-ring (bicyclic) bond motifs is 1. The van der Waals surface area contributed by atoms with Gasteiger partial charge in [0.1, 0.15) is 30.4 Å². The molecule has 0 saturated carbocycles. The van der Waals surface area contributed by atoms with Gasteiger partial charge in [-0.15, -0.1) is 0 Å². The Bertz CT molecular complexity index is 1320. The number of nitrogens with zero attached hydrogens (tertiary/aromatic N) is 4. The number of anilines is 1. The topological polar surface area (TPSA) is 220 Å². The van der Waals surface area contributed by atoms with E-state index in [1.807, 2.05) is 0 Å². The van der Waals surface area contributed by atoms with Crippen molar-refractivity contribution in [3.05, 3.63) is 24.3 Å². The second kappa shape index (κ2) is 10.6. The number of aliphatic hydroxyl groups excluding tert-OH is 2. The Morgan fingerprint density at radius 3 is 2.46 bits per heavy atom. The zero-order valence-electron chi connectivity index (χ0n) is 19.9. The Hall–Kier alpha value is -3.24. The molecule has 1 aliphatic heterocycles. The maximum Gasteiger partial charge on any atom is 0.469 e. The van der Waals surface area contributed by atoms with Crippen LogP contribution in [-0.2, 0) is 20.4 Å². The number of hydrogen-bond donors (Lipinski definition) is 6. The number of aromatic nitrogens is 4. The van der Waals surface area contributed by atoms with Crippen LogP contribution in [0.25, 0.3) is 11.2 Å². The van der Waals surface area contributed by atoms with Crippen molar-refractivity contribution in [3.63, 3.8) is 0 Å². The van der Waals surface area contributed by atoms with E-state index in [0.29, 0.717) is 11.3 Å². The molecule has 1 saturated heterocycles. The largest absolute Gasteiger partial charge is 0.507 e. The van der Waals surface area contributed by atoms with Crippen LogP contribution >= 0.6 is 7.82 Å². The summed E-state index contributed by atoms with van der Waals surface area (Å²) in [5.74, 6) is 0.987. The molecular formula is C20H26N5O11P. The molecule has 0 spiro atoms. The second-order valence-corrected chi connectivity index (χ2v) is 9.11. The first-order valence-electron chi connectivity index (χ1n) is 10.7. The fourth-order valence-corrected chi connectivity index (χ4v) is 4.32. The lowest BCUT2D eigenvalue weighted by molar-refractivity contribution is -0.0504. The molecule has 37 heavy (non-hydrogen) atoms. The van der Waals surface area contributed by atoms with Gasteiger partial charge in [0.05, 0.1) is 39.8 Å². The lowest BCUT2D eigenvalue weighted by Crippen LogP contribution is -2.33. The highest BCUT2D eigenvalue weighted by Gasteiger charge is 2.45. The molecule has 0 aliphatic carbocycles. The summed E-state index contributed by atoms with van der Waals surface area (Å²) in [5, 5.41) is 34.4. The molecule has 16 nitrogen and oxygen atoms in total. The highest BCUT2D eigenvalue weighted by atomic mass is 31.2. The number of phosphoric ester groups is 1. The molecule has 6 N–H and O–H groups in total. The summed E-state index contributed by atoms with van der Waals surface area (Å²) in [6, 6.07) is 1.39. The van der Waals surface area contributed by atoms with Gasteiger partial charge >= 0.3 is 7.82 Å². The minimum Gasteiger partial charge on any atom is -0.507 e. The molecule has 0 radical (unpaired) electrons. The van der Waals surface area contributed by atoms with Gasteiger partial charge in [0.2, 0.25) is 5.75 Å². The van der Waals surface area contributed by atoms with E-state index in [9.17, 15) is 19.9 Å². The number of aromatic hydroxyl groups is 1. The van der Waals surface area contributed by atoms with E-state index in [0.717, 1.165) is 0 Å². The number of nitrogens with one attached hydrogen (secondary N) is 1. The van der Waals surface area contributed by atoms with Gasteiger partial charge in [-0.2, -0.15) is 0 Å². The lowest BCUT2D eigenvalue weighted by atomic mass is 10.1. The SMILES string of the molecule is COc1cc(O)c(CNc2ncnc3c2ncn3[C@@H]2O[C@H](COP(=O)(O)O)[C@@H](O)[C@H]2O)c(OC)c1OC. The molecule has 202 valence electrons. The van der Waals surface area contributed by atoms with Crippen molar-refractivity contribution in [1.82, 2.24) is 19.5 Å². The third-order valence-corrected chi connectivity index (χ3v) is 6.20. The highest BCUT2D eigenvalue weighted by molar-refractivity contribution is 7.46. The Kier molecular flexibility index (Phi) is 7.70. The van der Waals surface area contributed by atoms with Gasteiger partial charge in [-0.05, 0) is 0 Å². The summed E-state index contributed by atoms with van der Waals surface area (Å²) in [4.78, 5) is 30.5. The molecule has 0 unspecified atom stereocenters. The first-order valence-corrected chi connectivity index (χ1v) is 12.3. The highest BCUT2D eigenvalue weighted by Crippen LogP contribution is 2.45. The van der Waals surface area contributed by atoms with E-state index >= 15 is 0 Å². The minimum atomic E-state index is -4.81. The molecule has 17 heteroatoms. The molecule has 0 bridgehead atoms. The molecule has 1 aliphatic rings. The Morgan fingerprint density at radius 2 is 1.81 bits per heavy atom. The predicted molar refractivity (Wildman–Crippen MR) is 124 cm³/mol. The van der Waals surface area contributed by atoms with Crippen LogP contribution in [0.3, 0.4) is 0 Å². The monoisotopic (exact) mass is 543 g/mol. The number of imidazole rings is 1. The molecular weight excluding hydrogens is 517 g/mol. The molecule has 2 aromatic heterocycles. The summed E-state index contributed by atoms with van der Waals surface area (Å²) < 4.78 is 38.3. The van der Waals surface area contributed by atoms with Crippen molar-refractivity contribution in [2.75, 3.05) is 33.3 Å². The summed E-state index contributed by atoms with van der Waals surface area (Å²) >= 11 is 0. The summed E-state index contributed by atoms with van der Waals surface area (Å²) in [6.07, 6.45) is -2.81. The maximum atomic E-state index is 11.0. The number of rotatable bonds is 10. The first-order chi connectivity index (χ1) is 17.6. The van der Waals surface area contributed by atoms with E-state index in [1.54, 1.807) is 0 Å². The van der Waals surface area contributed by atoms with Crippen LogP contribution in [0.4, 0.5) is 5.82 Å². The lowest BCUT2D eigenvalue weighted by Gasteiger charge is -2.18. The smallest absolute Gasteiger partial charge is 0.469 e. The van der Waals surface area contributed by atoms with Crippen LogP contribution in [0.15, 0.2) is 18.7 Å². The van der Waals surface area contributed by atoms with E-state index in [4.69, 9.17) is 28.7 Å². The van der Waals surface area contributed by atoms with E-state index in [1.165, 1.54) is 44.6 Å². The molecule has 1 fully saturated rings. The third kappa shape index (κ3) is 5.26. The number of aliphatic hydroxyl groups is 2. The van der Waals surface area contributed by atoms with Crippen LogP contribution in [0, 0.1) is 0 Å². The fraction of sp³-hybridized carbons (Fsp3) is 0.450. The molecule has 3 aromatic rings. The third-order valence-electron chi connectivity index (χ3n) is 5.72. The number of hydrogen-bond acceptors (Lipinski definition) is 13. The van der Waals surface area contributed by atoms with Gasteiger partial charge in [-0.1, -0.05) is 0 Å². The van der Waals surface area contributed by atoms with Crippen molar-refractivity contribution >= 4 is 24.8 Å². The zero-order chi connectivity index (χ0) is 26.9. The molecule has 4 atom stereocenters. The molecule has 0 amide bonds. The molecule has 4 rings (SSSR count). The zero-order valence-corrected chi connectivity index (χ0v) is 20.8. The molecule has 1 aromatic carbocycles. The average molecular weight is 543 g/mol. The van der Waals surface area contributed by atoms with Gasteiger partial charge in [0.15, 0.2) is 34.7 Å². The van der Waals surface area contributed by atoms with Crippen LogP contribution in [0.2, 0.25) is 0 Å². The van der Waals surface area contributed by atoms with Crippen molar-refractivity contribution in [1.29, 1.82) is 0 Å². The van der Waals surface area contributed by atoms with Crippen LogP contribution in [0.5, 0.6) is 23.0 Å². The standard InChI is InChI=1S/C20H26N5O11P/c1-32-11-4-10(26)9(16(33-2)17(11)34-3)5-21-18-13-19(23-7-22-18)25(8-24-13)20-15(28)14(27)12(36-20)6-35-37(29,30)31/h4,7-8,12,14-15,20,26-28H,5-6H2,1-3H3,(H,21,22,23)(H2,29,30,31)/t12-,14-,15-,20-/m1/s1. The number of benzene rings is 1.